The molecule has 0 amide bonds. The summed E-state index contributed by atoms with van der Waals surface area (Å²) in [5.41, 5.74) is 0. The average Bonchev–Trinajstić information content (AvgIpc) is 2.64. The lowest BCUT2D eigenvalue weighted by atomic mass is 10.0. The number of aliphatic carboxylic acids is 1. The van der Waals surface area contributed by atoms with Gasteiger partial charge in [-0.2, -0.15) is 0 Å². The summed E-state index contributed by atoms with van der Waals surface area (Å²) in [5.74, 6) is 1.53. The highest BCUT2D eigenvalue weighted by atomic mass is 16.4. The third-order valence-corrected chi connectivity index (χ3v) is 3.24. The second kappa shape index (κ2) is 2.50. The van der Waals surface area contributed by atoms with Gasteiger partial charge in [0.2, 0.25) is 0 Å². The lowest BCUT2D eigenvalue weighted by Crippen LogP contribution is -1.96. The number of fused-ring (bicyclic) bond motifs is 1. The number of carboxylic acid groups (broad SMARTS) is 1. The summed E-state index contributed by atoms with van der Waals surface area (Å²) >= 11 is 0. The van der Waals surface area contributed by atoms with E-state index in [1.807, 2.05) is 0 Å². The van der Waals surface area contributed by atoms with Crippen molar-refractivity contribution in [3.8, 4) is 0 Å². The van der Waals surface area contributed by atoms with E-state index in [1.54, 1.807) is 0 Å². The third-order valence-electron chi connectivity index (χ3n) is 3.24. The van der Waals surface area contributed by atoms with Crippen molar-refractivity contribution in [2.45, 2.75) is 32.1 Å². The van der Waals surface area contributed by atoms with Gasteiger partial charge < -0.3 is 5.11 Å². The van der Waals surface area contributed by atoms with Gasteiger partial charge in [0, 0.05) is 6.42 Å². The summed E-state index contributed by atoms with van der Waals surface area (Å²) in [5, 5.41) is 8.57. The SMILES string of the molecule is O=C(O)CC1C2CCCCC21. The molecule has 0 aromatic heterocycles. The Morgan fingerprint density at radius 1 is 1.27 bits per heavy atom. The first-order valence-corrected chi connectivity index (χ1v) is 4.51. The molecule has 0 heterocycles. The van der Waals surface area contributed by atoms with E-state index >= 15 is 0 Å². The maximum Gasteiger partial charge on any atom is 0.303 e. The maximum absolute atomic E-state index is 10.4. The van der Waals surface area contributed by atoms with Crippen LogP contribution in [0.25, 0.3) is 0 Å². The van der Waals surface area contributed by atoms with Crippen LogP contribution in [0.1, 0.15) is 32.1 Å². The van der Waals surface area contributed by atoms with Gasteiger partial charge in [-0.25, -0.2) is 0 Å². The molecular formula is C9H14O2. The van der Waals surface area contributed by atoms with Gasteiger partial charge >= 0.3 is 5.97 Å². The number of hydrogen-bond acceptors (Lipinski definition) is 1. The summed E-state index contributed by atoms with van der Waals surface area (Å²) in [6.07, 6.45) is 5.68. The Bertz CT molecular complexity index is 164. The molecule has 1 N–H and O–H groups in total. The van der Waals surface area contributed by atoms with Crippen LogP contribution in [0.5, 0.6) is 0 Å². The molecule has 2 saturated carbocycles. The molecule has 11 heavy (non-hydrogen) atoms. The fraction of sp³-hybridized carbons (Fsp3) is 0.889. The Labute approximate surface area is 66.6 Å². The minimum Gasteiger partial charge on any atom is -0.481 e. The Kier molecular flexibility index (Phi) is 1.63. The molecule has 0 saturated heterocycles. The first kappa shape index (κ1) is 7.14. The molecule has 0 bridgehead atoms. The molecule has 2 fully saturated rings. The van der Waals surface area contributed by atoms with E-state index < -0.39 is 5.97 Å². The van der Waals surface area contributed by atoms with Gasteiger partial charge in [0.15, 0.2) is 0 Å². The van der Waals surface area contributed by atoms with Gasteiger partial charge in [-0.15, -0.1) is 0 Å². The third kappa shape index (κ3) is 1.26. The second-order valence-corrected chi connectivity index (χ2v) is 3.87. The number of carboxylic acids is 1. The highest BCUT2D eigenvalue weighted by molar-refractivity contribution is 5.67. The molecular weight excluding hydrogens is 140 g/mol. The van der Waals surface area contributed by atoms with Crippen molar-refractivity contribution in [1.82, 2.24) is 0 Å². The predicted molar refractivity (Wildman–Crippen MR) is 41.2 cm³/mol. The molecule has 0 spiro atoms. The van der Waals surface area contributed by atoms with Gasteiger partial charge in [-0.05, 0) is 30.6 Å². The summed E-state index contributed by atoms with van der Waals surface area (Å²) < 4.78 is 0. The van der Waals surface area contributed by atoms with Crippen LogP contribution in [0.3, 0.4) is 0 Å². The van der Waals surface area contributed by atoms with E-state index in [0.29, 0.717) is 12.3 Å². The van der Waals surface area contributed by atoms with Gasteiger partial charge in [-0.3, -0.25) is 4.79 Å². The highest BCUT2D eigenvalue weighted by Gasteiger charge is 2.50. The van der Waals surface area contributed by atoms with Gasteiger partial charge in [0.1, 0.15) is 0 Å². The Balaban J connectivity index is 1.85. The van der Waals surface area contributed by atoms with E-state index in [2.05, 4.69) is 0 Å². The fourth-order valence-electron chi connectivity index (χ4n) is 2.65. The number of carbonyl (C=O) groups is 1. The zero-order valence-electron chi connectivity index (χ0n) is 6.62. The van der Waals surface area contributed by atoms with E-state index in [9.17, 15) is 4.79 Å². The van der Waals surface area contributed by atoms with Crippen molar-refractivity contribution in [3.63, 3.8) is 0 Å². The number of hydrogen-bond donors (Lipinski definition) is 1. The molecule has 62 valence electrons. The Morgan fingerprint density at radius 2 is 1.82 bits per heavy atom. The standard InChI is InChI=1S/C9H14O2/c10-9(11)5-8-6-3-1-2-4-7(6)8/h6-8H,1-5H2,(H,10,11). The Morgan fingerprint density at radius 3 is 2.27 bits per heavy atom. The molecule has 0 radical (unpaired) electrons. The van der Waals surface area contributed by atoms with Crippen LogP contribution >= 0.6 is 0 Å². The summed E-state index contributed by atoms with van der Waals surface area (Å²) in [6, 6.07) is 0. The zero-order chi connectivity index (χ0) is 7.84. The predicted octanol–water partition coefficient (Wildman–Crippen LogP) is 1.90. The van der Waals surface area contributed by atoms with Crippen molar-refractivity contribution in [3.05, 3.63) is 0 Å². The smallest absolute Gasteiger partial charge is 0.303 e. The average molecular weight is 154 g/mol. The largest absolute Gasteiger partial charge is 0.481 e. The van der Waals surface area contributed by atoms with E-state index in [4.69, 9.17) is 5.11 Å². The number of rotatable bonds is 2. The minimum atomic E-state index is -0.607. The second-order valence-electron chi connectivity index (χ2n) is 3.87. The van der Waals surface area contributed by atoms with Gasteiger partial charge in [-0.1, -0.05) is 12.8 Å². The highest BCUT2D eigenvalue weighted by Crippen LogP contribution is 2.56. The van der Waals surface area contributed by atoms with Crippen LogP contribution in [0.4, 0.5) is 0 Å². The van der Waals surface area contributed by atoms with Crippen LogP contribution in [0.2, 0.25) is 0 Å². The van der Waals surface area contributed by atoms with Crippen molar-refractivity contribution in [1.29, 1.82) is 0 Å². The zero-order valence-corrected chi connectivity index (χ0v) is 6.62. The molecule has 2 unspecified atom stereocenters. The first-order chi connectivity index (χ1) is 5.29. The van der Waals surface area contributed by atoms with Gasteiger partial charge in [0.25, 0.3) is 0 Å². The van der Waals surface area contributed by atoms with Crippen LogP contribution in [0.15, 0.2) is 0 Å². The normalized spacial score (nSPS) is 41.3. The first-order valence-electron chi connectivity index (χ1n) is 4.51. The molecule has 2 aliphatic rings. The lowest BCUT2D eigenvalue weighted by molar-refractivity contribution is -0.137. The van der Waals surface area contributed by atoms with Crippen LogP contribution in [-0.2, 0) is 4.79 Å². The fourth-order valence-corrected chi connectivity index (χ4v) is 2.65. The molecule has 2 aliphatic carbocycles. The van der Waals surface area contributed by atoms with Crippen molar-refractivity contribution < 1.29 is 9.90 Å². The molecule has 2 atom stereocenters. The van der Waals surface area contributed by atoms with Crippen LogP contribution < -0.4 is 0 Å². The van der Waals surface area contributed by atoms with Crippen molar-refractivity contribution in [2.24, 2.45) is 17.8 Å². The monoisotopic (exact) mass is 154 g/mol. The van der Waals surface area contributed by atoms with Crippen LogP contribution in [-0.4, -0.2) is 11.1 Å². The minimum absolute atomic E-state index is 0.426. The molecule has 0 aromatic carbocycles. The molecule has 0 aromatic rings. The van der Waals surface area contributed by atoms with Crippen molar-refractivity contribution >= 4 is 5.97 Å². The quantitative estimate of drug-likeness (QED) is 0.659. The lowest BCUT2D eigenvalue weighted by Gasteiger charge is -2.04. The van der Waals surface area contributed by atoms with E-state index in [1.165, 1.54) is 25.7 Å². The Hall–Kier alpha value is -0.530. The molecule has 2 heteroatoms. The van der Waals surface area contributed by atoms with Crippen LogP contribution in [0, 0.1) is 17.8 Å². The summed E-state index contributed by atoms with van der Waals surface area (Å²) in [7, 11) is 0. The van der Waals surface area contributed by atoms with Crippen molar-refractivity contribution in [2.75, 3.05) is 0 Å². The van der Waals surface area contributed by atoms with E-state index in [-0.39, 0.29) is 0 Å². The van der Waals surface area contributed by atoms with Gasteiger partial charge in [0.05, 0.1) is 0 Å². The summed E-state index contributed by atoms with van der Waals surface area (Å²) in [4.78, 5) is 10.4. The molecule has 0 aliphatic heterocycles. The van der Waals surface area contributed by atoms with E-state index in [0.717, 1.165) is 11.8 Å². The molecule has 2 nitrogen and oxygen atoms in total. The maximum atomic E-state index is 10.4. The molecule has 2 rings (SSSR count). The summed E-state index contributed by atoms with van der Waals surface area (Å²) in [6.45, 7) is 0. The topological polar surface area (TPSA) is 37.3 Å².